The fourth-order valence-corrected chi connectivity index (χ4v) is 2.15. The fourth-order valence-electron chi connectivity index (χ4n) is 2.15. The molecule has 0 atom stereocenters. The number of aryl methyl sites for hydroxylation is 4. The van der Waals surface area contributed by atoms with E-state index >= 15 is 0 Å². The molecule has 0 fully saturated rings. The van der Waals surface area contributed by atoms with Gasteiger partial charge in [0, 0.05) is 0 Å². The molecule has 4 nitrogen and oxygen atoms in total. The molecule has 0 heterocycles. The maximum Gasteiger partial charge on any atom is 4.00 e. The van der Waals surface area contributed by atoms with E-state index in [1.807, 2.05) is 76.2 Å². The van der Waals surface area contributed by atoms with Crippen LogP contribution >= 0.6 is 0 Å². The molecule has 0 aliphatic heterocycles. The van der Waals surface area contributed by atoms with E-state index < -0.39 is 0 Å². The van der Waals surface area contributed by atoms with Crippen molar-refractivity contribution in [2.45, 2.75) is 27.7 Å². The SMILES string of the molecule is Cc1ccc([O-])cc1.Cc1ccc([O-])cc1.Cc1ccc([O-])cc1.Cc1ccc([O-])cc1.[Ti+4].[Ti+4]. The molecular weight excluding hydrogens is 496 g/mol. The van der Waals surface area contributed by atoms with Crippen molar-refractivity contribution in [2.24, 2.45) is 0 Å². The summed E-state index contributed by atoms with van der Waals surface area (Å²) in [6.07, 6.45) is 0. The first kappa shape index (κ1) is 33.7. The number of hydrogen-bond donors (Lipinski definition) is 0. The molecule has 0 saturated carbocycles. The van der Waals surface area contributed by atoms with Crippen molar-refractivity contribution in [3.63, 3.8) is 0 Å². The minimum Gasteiger partial charge on any atom is -0.872 e. The van der Waals surface area contributed by atoms with Gasteiger partial charge < -0.3 is 20.4 Å². The molecule has 0 N–H and O–H groups in total. The zero-order chi connectivity index (χ0) is 23.9. The van der Waals surface area contributed by atoms with Gasteiger partial charge in [0.1, 0.15) is 0 Å². The maximum atomic E-state index is 10.4. The molecule has 0 unspecified atom stereocenters. The van der Waals surface area contributed by atoms with Gasteiger partial charge in [-0.2, -0.15) is 0 Å². The molecule has 0 amide bonds. The Morgan fingerprint density at radius 2 is 0.412 bits per heavy atom. The second-order valence-electron chi connectivity index (χ2n) is 7.25. The predicted molar refractivity (Wildman–Crippen MR) is 123 cm³/mol. The molecule has 4 rings (SSSR count). The molecule has 0 aliphatic carbocycles. The Labute approximate surface area is 232 Å². The van der Waals surface area contributed by atoms with Gasteiger partial charge in [-0.25, -0.2) is 0 Å². The summed E-state index contributed by atoms with van der Waals surface area (Å²) in [4.78, 5) is 0. The minimum atomic E-state index is 0. The van der Waals surface area contributed by atoms with Crippen LogP contribution < -0.4 is 20.4 Å². The van der Waals surface area contributed by atoms with Gasteiger partial charge in [-0.3, -0.25) is 0 Å². The van der Waals surface area contributed by atoms with Crippen molar-refractivity contribution >= 4 is 0 Å². The topological polar surface area (TPSA) is 92.2 Å². The van der Waals surface area contributed by atoms with E-state index in [1.54, 1.807) is 48.5 Å². The Morgan fingerprint density at radius 1 is 0.294 bits per heavy atom. The summed E-state index contributed by atoms with van der Waals surface area (Å²) in [5.41, 5.74) is 4.52. The summed E-state index contributed by atoms with van der Waals surface area (Å²) in [6, 6.07) is 27.0. The molecule has 168 valence electrons. The third kappa shape index (κ3) is 17.0. The van der Waals surface area contributed by atoms with Gasteiger partial charge in [0.05, 0.1) is 0 Å². The largest absolute Gasteiger partial charge is 4.00 e. The van der Waals surface area contributed by atoms with E-state index in [0.29, 0.717) is 0 Å². The number of benzene rings is 4. The van der Waals surface area contributed by atoms with Crippen LogP contribution in [0.2, 0.25) is 0 Å². The fraction of sp³-hybridized carbons (Fsp3) is 0.143. The molecule has 34 heavy (non-hydrogen) atoms. The van der Waals surface area contributed by atoms with E-state index in [9.17, 15) is 20.4 Å². The Hall–Kier alpha value is -2.49. The van der Waals surface area contributed by atoms with Gasteiger partial charge in [0.2, 0.25) is 0 Å². The summed E-state index contributed by atoms with van der Waals surface area (Å²) in [5.74, 6) is 0.317. The second-order valence-corrected chi connectivity index (χ2v) is 7.25. The second kappa shape index (κ2) is 18.9. The van der Waals surface area contributed by atoms with Crippen LogP contribution in [0.3, 0.4) is 0 Å². The molecule has 4 aromatic carbocycles. The van der Waals surface area contributed by atoms with Crippen LogP contribution in [0.1, 0.15) is 22.3 Å². The van der Waals surface area contributed by atoms with Crippen LogP contribution in [0.5, 0.6) is 23.0 Å². The van der Waals surface area contributed by atoms with Crippen molar-refractivity contribution in [3.05, 3.63) is 119 Å². The molecule has 0 bridgehead atoms. The first-order chi connectivity index (χ1) is 15.2. The molecular formula is C28H28O4Ti2+4. The Balaban J connectivity index is 0. The van der Waals surface area contributed by atoms with Crippen LogP contribution in [0, 0.1) is 27.7 Å². The average Bonchev–Trinajstić information content (AvgIpc) is 2.78. The van der Waals surface area contributed by atoms with Crippen LogP contribution in [0.15, 0.2) is 97.1 Å². The van der Waals surface area contributed by atoms with Crippen molar-refractivity contribution < 1.29 is 63.9 Å². The predicted octanol–water partition coefficient (Wildman–Crippen LogP) is 4.27. The molecule has 0 aliphatic rings. The maximum absolute atomic E-state index is 10.4. The van der Waals surface area contributed by atoms with E-state index in [-0.39, 0.29) is 66.4 Å². The smallest absolute Gasteiger partial charge is 0.872 e. The Kier molecular flexibility index (Phi) is 18.7. The zero-order valence-corrected chi connectivity index (χ0v) is 23.0. The first-order valence-corrected chi connectivity index (χ1v) is 10.1. The van der Waals surface area contributed by atoms with Crippen molar-refractivity contribution in [2.75, 3.05) is 0 Å². The molecule has 0 spiro atoms. The van der Waals surface area contributed by atoms with Crippen molar-refractivity contribution in [3.8, 4) is 23.0 Å². The molecule has 6 heteroatoms. The molecule has 0 saturated heterocycles. The first-order valence-electron chi connectivity index (χ1n) is 10.1. The van der Waals surface area contributed by atoms with Crippen molar-refractivity contribution in [1.82, 2.24) is 0 Å². The standard InChI is InChI=1S/4C7H8O.2Ti/c4*1-6-2-4-7(8)5-3-6;;/h4*2-5,8H,1H3;;/q;;;;2*+4/p-4. The summed E-state index contributed by atoms with van der Waals surface area (Å²) >= 11 is 0. The van der Waals surface area contributed by atoms with Gasteiger partial charge in [-0.1, -0.05) is 119 Å². The van der Waals surface area contributed by atoms with Crippen LogP contribution in [0.4, 0.5) is 0 Å². The van der Waals surface area contributed by atoms with E-state index in [0.717, 1.165) is 22.3 Å². The number of hydrogen-bond acceptors (Lipinski definition) is 4. The quantitative estimate of drug-likeness (QED) is 0.322. The van der Waals surface area contributed by atoms with E-state index in [1.165, 1.54) is 0 Å². The van der Waals surface area contributed by atoms with Gasteiger partial charge in [-0.15, -0.1) is 23.0 Å². The Morgan fingerprint density at radius 3 is 0.500 bits per heavy atom. The normalized spacial score (nSPS) is 8.59. The molecule has 0 aromatic heterocycles. The minimum absolute atomic E-state index is 0. The third-order valence-corrected chi connectivity index (χ3v) is 4.08. The van der Waals surface area contributed by atoms with E-state index in [2.05, 4.69) is 0 Å². The summed E-state index contributed by atoms with van der Waals surface area (Å²) in [7, 11) is 0. The van der Waals surface area contributed by atoms with Crippen LogP contribution in [-0.2, 0) is 43.4 Å². The summed E-state index contributed by atoms with van der Waals surface area (Å²) < 4.78 is 0. The van der Waals surface area contributed by atoms with Crippen molar-refractivity contribution in [1.29, 1.82) is 0 Å². The molecule has 0 radical (unpaired) electrons. The van der Waals surface area contributed by atoms with E-state index in [4.69, 9.17) is 0 Å². The van der Waals surface area contributed by atoms with Crippen LogP contribution in [0.25, 0.3) is 0 Å². The van der Waals surface area contributed by atoms with Crippen LogP contribution in [-0.4, -0.2) is 0 Å². The Bertz CT molecular complexity index is 758. The van der Waals surface area contributed by atoms with Gasteiger partial charge in [-0.05, 0) is 27.7 Å². The third-order valence-electron chi connectivity index (χ3n) is 4.08. The van der Waals surface area contributed by atoms with Gasteiger partial charge in [0.15, 0.2) is 0 Å². The monoisotopic (exact) mass is 524 g/mol. The summed E-state index contributed by atoms with van der Waals surface area (Å²) in [5, 5.41) is 41.7. The zero-order valence-electron chi connectivity index (χ0n) is 19.9. The average molecular weight is 524 g/mol. The number of rotatable bonds is 0. The van der Waals surface area contributed by atoms with Gasteiger partial charge >= 0.3 is 43.4 Å². The summed E-state index contributed by atoms with van der Waals surface area (Å²) in [6.45, 7) is 7.83. The molecule has 4 aromatic rings. The van der Waals surface area contributed by atoms with Gasteiger partial charge in [0.25, 0.3) is 0 Å².